The van der Waals surface area contributed by atoms with E-state index in [-0.39, 0.29) is 0 Å². The Morgan fingerprint density at radius 1 is 0.875 bits per heavy atom. The van der Waals surface area contributed by atoms with Crippen molar-refractivity contribution < 1.29 is 9.47 Å². The number of ether oxygens (including phenoxy) is 2. The zero-order valence-corrected chi connectivity index (χ0v) is 15.6. The van der Waals surface area contributed by atoms with Crippen molar-refractivity contribution in [3.63, 3.8) is 0 Å². The van der Waals surface area contributed by atoms with Gasteiger partial charge in [-0.2, -0.15) is 0 Å². The van der Waals surface area contributed by atoms with E-state index in [1.807, 2.05) is 0 Å². The van der Waals surface area contributed by atoms with E-state index in [0.29, 0.717) is 46.3 Å². The van der Waals surface area contributed by atoms with Crippen molar-refractivity contribution in [1.82, 2.24) is 0 Å². The molecule has 0 radical (unpaired) electrons. The first-order valence-corrected chi connectivity index (χ1v) is 18.5. The van der Waals surface area contributed by atoms with E-state index in [9.17, 15) is 0 Å². The van der Waals surface area contributed by atoms with Crippen molar-refractivity contribution >= 4 is 57.6 Å². The summed E-state index contributed by atoms with van der Waals surface area (Å²) in [7, 11) is 0. The average molecular weight is 490 g/mol. The Labute approximate surface area is 123 Å². The summed E-state index contributed by atoms with van der Waals surface area (Å²) in [6.45, 7) is 1.98. The van der Waals surface area contributed by atoms with Gasteiger partial charge in [0.1, 0.15) is 0 Å². The summed E-state index contributed by atoms with van der Waals surface area (Å²) in [5.41, 5.74) is 0. The molecule has 0 saturated carbocycles. The van der Waals surface area contributed by atoms with Crippen LogP contribution in [0.5, 0.6) is 0 Å². The number of hydrogen-bond acceptors (Lipinski definition) is 4. The monoisotopic (exact) mass is 494 g/mol. The molecule has 2 heterocycles. The molecule has 0 aromatic rings. The van der Waals surface area contributed by atoms with Gasteiger partial charge in [0.05, 0.1) is 0 Å². The summed E-state index contributed by atoms with van der Waals surface area (Å²) >= 11 is 4.74. The molecule has 2 nitrogen and oxygen atoms in total. The second-order valence-corrected chi connectivity index (χ2v) is 18.3. The molecule has 94 valence electrons. The van der Waals surface area contributed by atoms with Gasteiger partial charge in [-0.3, -0.25) is 0 Å². The molecule has 2 fully saturated rings. The van der Waals surface area contributed by atoms with Gasteiger partial charge in [0.25, 0.3) is 0 Å². The Balaban J connectivity index is 1.47. The van der Waals surface area contributed by atoms with E-state index in [0.717, 1.165) is 13.2 Å². The van der Waals surface area contributed by atoms with Crippen LogP contribution in [0.2, 0.25) is 8.94 Å². The molecule has 2 rings (SSSR count). The van der Waals surface area contributed by atoms with Gasteiger partial charge in [-0.05, 0) is 0 Å². The first-order valence-electron chi connectivity index (χ1n) is 5.58. The molecule has 0 amide bonds. The predicted molar refractivity (Wildman–Crippen MR) is 75.3 cm³/mol. The molecule has 2 unspecified atom stereocenters. The molecule has 0 bridgehead atoms. The van der Waals surface area contributed by atoms with Crippen LogP contribution in [0.1, 0.15) is 0 Å². The average Bonchev–Trinajstić information content (AvgIpc) is 2.37. The summed E-state index contributed by atoms with van der Waals surface area (Å²) in [5.74, 6) is 4.93. The molecule has 0 spiro atoms. The normalized spacial score (nSPS) is 31.5. The molecule has 0 aromatic heterocycles. The van der Waals surface area contributed by atoms with Crippen LogP contribution in [0.4, 0.5) is 0 Å². The molecular weight excluding hydrogens is 471 g/mol. The molecule has 2 aliphatic heterocycles. The van der Waals surface area contributed by atoms with Gasteiger partial charge in [0, 0.05) is 0 Å². The number of rotatable bonds is 5. The summed E-state index contributed by atoms with van der Waals surface area (Å²) in [4.78, 5) is 0. The fourth-order valence-electron chi connectivity index (χ4n) is 1.51. The number of thioether (sulfide) groups is 2. The van der Waals surface area contributed by atoms with Gasteiger partial charge in [-0.25, -0.2) is 0 Å². The maximum atomic E-state index is 5.77. The zero-order chi connectivity index (χ0) is 11.1. The SMILES string of the molecule is C1CSCC(C[Te][Te]CC2CSCCO2)O1. The van der Waals surface area contributed by atoms with Crippen LogP contribution in [-0.4, -0.2) is 82.5 Å². The van der Waals surface area contributed by atoms with Crippen molar-refractivity contribution in [2.75, 3.05) is 36.2 Å². The quantitative estimate of drug-likeness (QED) is 0.429. The van der Waals surface area contributed by atoms with Crippen LogP contribution in [0.25, 0.3) is 0 Å². The Morgan fingerprint density at radius 2 is 1.38 bits per heavy atom. The Hall–Kier alpha value is 2.20. The van der Waals surface area contributed by atoms with Crippen LogP contribution in [0, 0.1) is 0 Å². The van der Waals surface area contributed by atoms with Crippen LogP contribution in [0.15, 0.2) is 0 Å². The van der Waals surface area contributed by atoms with Gasteiger partial charge in [-0.1, -0.05) is 0 Å². The van der Waals surface area contributed by atoms with E-state index in [2.05, 4.69) is 23.5 Å². The van der Waals surface area contributed by atoms with E-state index in [1.54, 1.807) is 0 Å². The Bertz CT molecular complexity index is 166. The van der Waals surface area contributed by atoms with Gasteiger partial charge in [0.2, 0.25) is 0 Å². The molecule has 16 heavy (non-hydrogen) atoms. The predicted octanol–water partition coefficient (Wildman–Crippen LogP) is 1.41. The number of hydrogen-bond donors (Lipinski definition) is 0. The molecule has 2 aliphatic rings. The van der Waals surface area contributed by atoms with E-state index in [1.165, 1.54) is 31.9 Å². The van der Waals surface area contributed by atoms with Gasteiger partial charge in [0.15, 0.2) is 0 Å². The first-order chi connectivity index (χ1) is 7.95. The second-order valence-electron chi connectivity index (χ2n) is 3.70. The fourth-order valence-corrected chi connectivity index (χ4v) is 16.3. The second kappa shape index (κ2) is 9.16. The van der Waals surface area contributed by atoms with E-state index in [4.69, 9.17) is 9.47 Å². The molecule has 0 N–H and O–H groups in total. The van der Waals surface area contributed by atoms with Gasteiger partial charge >= 0.3 is 124 Å². The van der Waals surface area contributed by atoms with Crippen molar-refractivity contribution in [2.45, 2.75) is 21.1 Å². The molecule has 2 saturated heterocycles. The zero-order valence-electron chi connectivity index (χ0n) is 9.26. The van der Waals surface area contributed by atoms with Crippen LogP contribution in [-0.2, 0) is 9.47 Å². The fraction of sp³-hybridized carbons (Fsp3) is 1.00. The van der Waals surface area contributed by atoms with Crippen LogP contribution >= 0.6 is 23.5 Å². The summed E-state index contributed by atoms with van der Waals surface area (Å²) < 4.78 is 14.4. The summed E-state index contributed by atoms with van der Waals surface area (Å²) in [6, 6.07) is 0. The third kappa shape index (κ3) is 5.89. The maximum absolute atomic E-state index is 5.77. The van der Waals surface area contributed by atoms with Crippen molar-refractivity contribution in [2.24, 2.45) is 0 Å². The summed E-state index contributed by atoms with van der Waals surface area (Å²) in [5, 5.41) is 0. The van der Waals surface area contributed by atoms with Gasteiger partial charge in [-0.15, -0.1) is 0 Å². The van der Waals surface area contributed by atoms with Crippen LogP contribution in [0.3, 0.4) is 0 Å². The summed E-state index contributed by atoms with van der Waals surface area (Å²) in [6.07, 6.45) is 1.24. The van der Waals surface area contributed by atoms with Crippen molar-refractivity contribution in [3.8, 4) is 0 Å². The molecule has 6 heteroatoms. The topological polar surface area (TPSA) is 18.5 Å². The molecule has 0 aliphatic carbocycles. The molecule has 2 atom stereocenters. The third-order valence-electron chi connectivity index (χ3n) is 2.36. The molecule has 0 aromatic carbocycles. The van der Waals surface area contributed by atoms with Crippen LogP contribution < -0.4 is 0 Å². The Kier molecular flexibility index (Phi) is 8.36. The van der Waals surface area contributed by atoms with Crippen molar-refractivity contribution in [3.05, 3.63) is 0 Å². The third-order valence-corrected chi connectivity index (χ3v) is 16.3. The van der Waals surface area contributed by atoms with E-state index < -0.39 is 0 Å². The Morgan fingerprint density at radius 3 is 1.75 bits per heavy atom. The van der Waals surface area contributed by atoms with Gasteiger partial charge < -0.3 is 0 Å². The van der Waals surface area contributed by atoms with Crippen molar-refractivity contribution in [1.29, 1.82) is 0 Å². The standard InChI is InChI=1S/C10H18O2S2Te2/c1-3-13-5-9(11-1)7-15-16-8-10-6-14-4-2-12-10/h9-10H,1-8H2. The first kappa shape index (κ1) is 14.6. The minimum atomic E-state index is 0.301. The minimum absolute atomic E-state index is 0.301. The molecular formula is C10H18O2S2Te2. The van der Waals surface area contributed by atoms with E-state index >= 15 is 0 Å².